The molecule has 1 saturated heterocycles. The van der Waals surface area contributed by atoms with Gasteiger partial charge in [0.2, 0.25) is 6.41 Å². The quantitative estimate of drug-likeness (QED) is 0.602. The number of amides is 1. The second-order valence-corrected chi connectivity index (χ2v) is 7.73. The van der Waals surface area contributed by atoms with Crippen LogP contribution in [0.5, 0.6) is 0 Å². The van der Waals surface area contributed by atoms with Crippen molar-refractivity contribution in [1.82, 2.24) is 14.6 Å². The minimum atomic E-state index is -0.432. The molecule has 1 aromatic carbocycles. The molecular weight excluding hydrogens is 438 g/mol. The first kappa shape index (κ1) is 21.8. The molecule has 2 N–H and O–H groups in total. The van der Waals surface area contributed by atoms with Crippen molar-refractivity contribution >= 4 is 35.2 Å². The van der Waals surface area contributed by atoms with E-state index in [1.165, 1.54) is 12.1 Å². The van der Waals surface area contributed by atoms with Crippen LogP contribution in [0.25, 0.3) is 5.65 Å². The summed E-state index contributed by atoms with van der Waals surface area (Å²) in [7, 11) is 0. The molecule has 2 aliphatic rings. The molecule has 0 aliphatic carbocycles. The Morgan fingerprint density at radius 2 is 2.06 bits per heavy atom. The molecule has 0 unspecified atom stereocenters. The molecule has 5 rings (SSSR count). The predicted molar refractivity (Wildman–Crippen MR) is 119 cm³/mol. The monoisotopic (exact) mass is 458 g/mol. The first-order valence-electron chi connectivity index (χ1n) is 10.0. The van der Waals surface area contributed by atoms with Gasteiger partial charge in [-0.3, -0.25) is 4.79 Å². The summed E-state index contributed by atoms with van der Waals surface area (Å²) in [5.41, 5.74) is 6.09. The van der Waals surface area contributed by atoms with E-state index in [0.29, 0.717) is 22.8 Å². The second-order valence-electron chi connectivity index (χ2n) is 7.29. The lowest BCUT2D eigenvalue weighted by atomic mass is 10.0. The molecular formula is C22H21ClF2N6O. The topological polar surface area (TPSA) is 79.8 Å². The molecule has 7 nitrogen and oxygen atoms in total. The maximum Gasteiger partial charge on any atom is 0.204 e. The Balaban J connectivity index is 0.000000775. The van der Waals surface area contributed by atoms with Crippen molar-refractivity contribution < 1.29 is 13.6 Å². The van der Waals surface area contributed by atoms with Crippen LogP contribution in [-0.2, 0) is 4.79 Å². The SMILES string of the molecule is Fc1ccc(F)c([C@H]2CCCN2c2ccn3ncc(N4C=CC(Cl)=CC4)c3n2)c1.NC=O. The van der Waals surface area contributed by atoms with E-state index in [-0.39, 0.29) is 12.5 Å². The van der Waals surface area contributed by atoms with Gasteiger partial charge in [-0.25, -0.2) is 18.3 Å². The number of hydrogen-bond acceptors (Lipinski definition) is 5. The Labute approximate surface area is 188 Å². The minimum Gasteiger partial charge on any atom is -0.372 e. The highest BCUT2D eigenvalue weighted by Gasteiger charge is 2.30. The van der Waals surface area contributed by atoms with Gasteiger partial charge in [0, 0.05) is 36.1 Å². The van der Waals surface area contributed by atoms with E-state index in [2.05, 4.69) is 10.8 Å². The number of hydrogen-bond donors (Lipinski definition) is 1. The van der Waals surface area contributed by atoms with Crippen LogP contribution < -0.4 is 15.5 Å². The van der Waals surface area contributed by atoms with Gasteiger partial charge in [0.15, 0.2) is 5.65 Å². The standard InChI is InChI=1S/C21H18ClF2N5.CH3NO/c22-14-5-9-27(10-6-14)19-13-25-29-11-7-20(26-21(19)29)28-8-1-2-18(28)16-12-15(23)3-4-17(16)24;2-1-3/h3-7,9,11-13,18H,1-2,8,10H2;1H,(H2,2,3)/t18-;/m1./s1. The second kappa shape index (κ2) is 9.35. The Morgan fingerprint density at radius 1 is 1.25 bits per heavy atom. The van der Waals surface area contributed by atoms with Gasteiger partial charge in [0.25, 0.3) is 0 Å². The number of allylic oxidation sites excluding steroid dienone is 2. The summed E-state index contributed by atoms with van der Waals surface area (Å²) in [5.74, 6) is -0.102. The molecule has 2 aromatic heterocycles. The zero-order chi connectivity index (χ0) is 22.7. The molecule has 0 radical (unpaired) electrons. The first-order valence-corrected chi connectivity index (χ1v) is 10.4. The number of nitrogens with two attached hydrogens (primary N) is 1. The first-order chi connectivity index (χ1) is 15.5. The molecule has 0 saturated carbocycles. The number of nitrogens with zero attached hydrogens (tertiary/aromatic N) is 5. The van der Waals surface area contributed by atoms with Gasteiger partial charge in [0.1, 0.15) is 23.1 Å². The lowest BCUT2D eigenvalue weighted by molar-refractivity contribution is -0.106. The zero-order valence-corrected chi connectivity index (χ0v) is 17.8. The fourth-order valence-electron chi connectivity index (χ4n) is 4.00. The molecule has 2 aliphatic heterocycles. The number of benzene rings is 1. The maximum atomic E-state index is 14.4. The molecule has 0 spiro atoms. The van der Waals surface area contributed by atoms with Crippen LogP contribution in [0, 0.1) is 11.6 Å². The van der Waals surface area contributed by atoms with Crippen molar-refractivity contribution in [3.63, 3.8) is 0 Å². The molecule has 0 bridgehead atoms. The van der Waals surface area contributed by atoms with Gasteiger partial charge >= 0.3 is 0 Å². The average Bonchev–Trinajstić information content (AvgIpc) is 3.43. The number of carbonyl (C=O) groups excluding carboxylic acids is 1. The molecule has 166 valence electrons. The summed E-state index contributed by atoms with van der Waals surface area (Å²) in [4.78, 5) is 17.5. The van der Waals surface area contributed by atoms with E-state index >= 15 is 0 Å². The van der Waals surface area contributed by atoms with Gasteiger partial charge in [0.05, 0.1) is 12.2 Å². The number of anilines is 2. The fraction of sp³-hybridized carbons (Fsp3) is 0.227. The van der Waals surface area contributed by atoms with Crippen molar-refractivity contribution in [1.29, 1.82) is 0 Å². The van der Waals surface area contributed by atoms with Gasteiger partial charge in [-0.1, -0.05) is 11.6 Å². The van der Waals surface area contributed by atoms with Gasteiger partial charge in [-0.05, 0) is 49.3 Å². The van der Waals surface area contributed by atoms with Crippen LogP contribution in [0.15, 0.2) is 60.0 Å². The van der Waals surface area contributed by atoms with Crippen LogP contribution >= 0.6 is 11.6 Å². The average molecular weight is 459 g/mol. The summed E-state index contributed by atoms with van der Waals surface area (Å²) in [6.45, 7) is 1.36. The van der Waals surface area contributed by atoms with Crippen LogP contribution in [-0.4, -0.2) is 34.1 Å². The molecule has 1 amide bonds. The molecule has 32 heavy (non-hydrogen) atoms. The smallest absolute Gasteiger partial charge is 0.204 e. The largest absolute Gasteiger partial charge is 0.372 e. The number of rotatable bonds is 3. The minimum absolute atomic E-state index is 0.247. The van der Waals surface area contributed by atoms with E-state index in [9.17, 15) is 8.78 Å². The lowest BCUT2D eigenvalue weighted by Gasteiger charge is -2.27. The number of primary amides is 1. The lowest BCUT2D eigenvalue weighted by Crippen LogP contribution is -2.25. The van der Waals surface area contributed by atoms with E-state index in [0.717, 1.165) is 37.0 Å². The van der Waals surface area contributed by atoms with E-state index < -0.39 is 11.6 Å². The van der Waals surface area contributed by atoms with E-state index in [1.54, 1.807) is 10.7 Å². The Bertz CT molecular complexity index is 1190. The summed E-state index contributed by atoms with van der Waals surface area (Å²) in [6.07, 6.45) is 11.1. The van der Waals surface area contributed by atoms with Crippen molar-refractivity contribution in [2.24, 2.45) is 5.73 Å². The van der Waals surface area contributed by atoms with Crippen LogP contribution in [0.1, 0.15) is 24.4 Å². The van der Waals surface area contributed by atoms with Gasteiger partial charge < -0.3 is 15.5 Å². The molecule has 1 fully saturated rings. The maximum absolute atomic E-state index is 14.4. The van der Waals surface area contributed by atoms with Gasteiger partial charge in [-0.15, -0.1) is 0 Å². The third kappa shape index (κ3) is 4.29. The molecule has 4 heterocycles. The highest BCUT2D eigenvalue weighted by atomic mass is 35.5. The molecule has 10 heteroatoms. The van der Waals surface area contributed by atoms with Crippen molar-refractivity contribution in [3.05, 3.63) is 77.2 Å². The van der Waals surface area contributed by atoms with Gasteiger partial charge in [-0.2, -0.15) is 5.10 Å². The predicted octanol–water partition coefficient (Wildman–Crippen LogP) is 3.91. The Hall–Kier alpha value is -3.46. The van der Waals surface area contributed by atoms with E-state index in [1.807, 2.05) is 40.4 Å². The van der Waals surface area contributed by atoms with Crippen LogP contribution in [0.2, 0.25) is 0 Å². The normalized spacial score (nSPS) is 17.8. The number of halogens is 3. The van der Waals surface area contributed by atoms with Crippen molar-refractivity contribution in [2.45, 2.75) is 18.9 Å². The Kier molecular flexibility index (Phi) is 6.36. The zero-order valence-electron chi connectivity index (χ0n) is 17.0. The number of carbonyl (C=O) groups is 1. The summed E-state index contributed by atoms with van der Waals surface area (Å²) >= 11 is 6.02. The van der Waals surface area contributed by atoms with Crippen molar-refractivity contribution in [2.75, 3.05) is 22.9 Å². The highest BCUT2D eigenvalue weighted by Crippen LogP contribution is 2.37. The summed E-state index contributed by atoms with van der Waals surface area (Å²) in [6, 6.07) is 5.24. The van der Waals surface area contributed by atoms with Crippen LogP contribution in [0.3, 0.4) is 0 Å². The van der Waals surface area contributed by atoms with Crippen molar-refractivity contribution in [3.8, 4) is 0 Å². The van der Waals surface area contributed by atoms with Crippen LogP contribution in [0.4, 0.5) is 20.3 Å². The third-order valence-corrected chi connectivity index (χ3v) is 5.69. The summed E-state index contributed by atoms with van der Waals surface area (Å²) in [5, 5.41) is 5.08. The summed E-state index contributed by atoms with van der Waals surface area (Å²) < 4.78 is 29.8. The third-order valence-electron chi connectivity index (χ3n) is 5.41. The Morgan fingerprint density at radius 3 is 2.81 bits per heavy atom. The fourth-order valence-corrected chi connectivity index (χ4v) is 4.12. The molecule has 1 atom stereocenters. The van der Waals surface area contributed by atoms with E-state index in [4.69, 9.17) is 21.4 Å². The number of aromatic nitrogens is 3. The molecule has 3 aromatic rings. The number of fused-ring (bicyclic) bond motifs is 1. The highest BCUT2D eigenvalue weighted by molar-refractivity contribution is 6.31.